The molecule has 2 N–H and O–H groups in total. The minimum atomic E-state index is -0.111. The van der Waals surface area contributed by atoms with Gasteiger partial charge in [0.2, 0.25) is 0 Å². The Morgan fingerprint density at radius 2 is 1.89 bits per heavy atom. The summed E-state index contributed by atoms with van der Waals surface area (Å²) in [5, 5.41) is 3.81. The largest absolute Gasteiger partial charge is 0.377 e. The predicted molar refractivity (Wildman–Crippen MR) is 181 cm³/mol. The van der Waals surface area contributed by atoms with Crippen LogP contribution in [0.15, 0.2) is 91.5 Å². The molecule has 2 unspecified atom stereocenters. The summed E-state index contributed by atoms with van der Waals surface area (Å²) < 4.78 is 6.29. The van der Waals surface area contributed by atoms with Crippen LogP contribution < -0.4 is 15.8 Å². The van der Waals surface area contributed by atoms with Crippen LogP contribution in [0.2, 0.25) is 0 Å². The summed E-state index contributed by atoms with van der Waals surface area (Å²) >= 11 is 3.62. The van der Waals surface area contributed by atoms with Gasteiger partial charge in [0.15, 0.2) is 0 Å². The van der Waals surface area contributed by atoms with Gasteiger partial charge in [-0.1, -0.05) is 35.7 Å². The molecule has 11 heteroatoms. The second-order valence-electron chi connectivity index (χ2n) is 11.9. The van der Waals surface area contributed by atoms with Gasteiger partial charge in [-0.3, -0.25) is 14.8 Å². The second-order valence-corrected chi connectivity index (χ2v) is 14.1. The lowest BCUT2D eigenvalue weighted by atomic mass is 10.1. The molecule has 0 saturated carbocycles. The summed E-state index contributed by atoms with van der Waals surface area (Å²) in [6.45, 7) is 9.35. The van der Waals surface area contributed by atoms with Gasteiger partial charge in [-0.2, -0.15) is 0 Å². The number of hydrogen-bond acceptors (Lipinski definition) is 10. The van der Waals surface area contributed by atoms with Gasteiger partial charge >= 0.3 is 0 Å². The number of aromatic nitrogens is 3. The second kappa shape index (κ2) is 13.6. The van der Waals surface area contributed by atoms with Crippen molar-refractivity contribution < 1.29 is 4.74 Å². The van der Waals surface area contributed by atoms with Gasteiger partial charge in [0, 0.05) is 83.5 Å². The van der Waals surface area contributed by atoms with E-state index >= 15 is 0 Å². The van der Waals surface area contributed by atoms with Crippen LogP contribution in [0.5, 0.6) is 0 Å². The Balaban J connectivity index is 1.08. The number of ether oxygens (including phenoxy) is 1. The first-order valence-electron chi connectivity index (χ1n) is 15.6. The van der Waals surface area contributed by atoms with Gasteiger partial charge in [-0.05, 0) is 62.4 Å². The van der Waals surface area contributed by atoms with Crippen molar-refractivity contribution in [1.82, 2.24) is 24.8 Å². The van der Waals surface area contributed by atoms with Crippen LogP contribution in [-0.4, -0.2) is 84.2 Å². The van der Waals surface area contributed by atoms with Gasteiger partial charge < -0.3 is 29.7 Å². The Hall–Kier alpha value is -3.35. The molecule has 45 heavy (non-hydrogen) atoms. The van der Waals surface area contributed by atoms with E-state index in [1.165, 1.54) is 25.1 Å². The summed E-state index contributed by atoms with van der Waals surface area (Å²) in [5.74, 6) is 0. The van der Waals surface area contributed by atoms with E-state index in [1.54, 1.807) is 6.20 Å². The highest BCUT2D eigenvalue weighted by atomic mass is 32.2. The standard InChI is InChI=1S/C34H39N7O2S2/c1-23-20-37-27(21-36-23)26(10-12-40-15-13-39(2)14-16-40)38-24-8-9-30-32(19-24)44-31-7-3-5-25(33(31)45-30)29-22-41(17-18-43-29)28-6-4-11-35-34(28)42/h3-9,11,19-21,26,29,38H,10,12-18,22H2,1-2H3,(H,35,42). The van der Waals surface area contributed by atoms with Gasteiger partial charge in [0.25, 0.3) is 5.56 Å². The molecule has 9 nitrogen and oxygen atoms in total. The summed E-state index contributed by atoms with van der Waals surface area (Å²) in [6.07, 6.45) is 6.30. The van der Waals surface area contributed by atoms with E-state index in [4.69, 9.17) is 9.72 Å². The number of benzene rings is 2. The number of likely N-dealkylation sites (N-methyl/N-ethyl adjacent to an activating group) is 1. The van der Waals surface area contributed by atoms with Crippen LogP contribution in [0.3, 0.4) is 0 Å². The lowest BCUT2D eigenvalue weighted by molar-refractivity contribution is 0.0378. The number of anilines is 2. The number of morpholine rings is 1. The zero-order chi connectivity index (χ0) is 30.8. The Bertz CT molecular complexity index is 1690. The Morgan fingerprint density at radius 3 is 2.71 bits per heavy atom. The third-order valence-corrected chi connectivity index (χ3v) is 11.4. The van der Waals surface area contributed by atoms with Crippen LogP contribution in [0, 0.1) is 6.92 Å². The molecule has 0 radical (unpaired) electrons. The van der Waals surface area contributed by atoms with Crippen molar-refractivity contribution in [2.75, 3.05) is 69.7 Å². The summed E-state index contributed by atoms with van der Waals surface area (Å²) in [5.41, 5.74) is 4.80. The van der Waals surface area contributed by atoms with Gasteiger partial charge in [0.05, 0.1) is 30.2 Å². The van der Waals surface area contributed by atoms with Crippen LogP contribution in [0.4, 0.5) is 11.4 Å². The first kappa shape index (κ1) is 30.3. The molecule has 0 bridgehead atoms. The molecule has 3 aliphatic heterocycles. The van der Waals surface area contributed by atoms with Crippen LogP contribution in [0.25, 0.3) is 0 Å². The average Bonchev–Trinajstić information content (AvgIpc) is 3.07. The molecule has 0 amide bonds. The Morgan fingerprint density at radius 1 is 1.00 bits per heavy atom. The van der Waals surface area contributed by atoms with Crippen molar-refractivity contribution in [3.05, 3.63) is 94.4 Å². The van der Waals surface area contributed by atoms with E-state index in [9.17, 15) is 4.79 Å². The zero-order valence-electron chi connectivity index (χ0n) is 25.7. The molecule has 5 heterocycles. The molecule has 2 atom stereocenters. The third kappa shape index (κ3) is 6.92. The molecule has 4 aromatic rings. The lowest BCUT2D eigenvalue weighted by Gasteiger charge is -2.35. The van der Waals surface area contributed by atoms with Crippen molar-refractivity contribution in [2.24, 2.45) is 0 Å². The maximum absolute atomic E-state index is 12.5. The van der Waals surface area contributed by atoms with Crippen molar-refractivity contribution in [3.8, 4) is 0 Å². The minimum Gasteiger partial charge on any atom is -0.377 e. The fourth-order valence-corrected chi connectivity index (χ4v) is 8.60. The van der Waals surface area contributed by atoms with Crippen molar-refractivity contribution in [2.45, 2.75) is 45.1 Å². The SMILES string of the molecule is Cc1cnc(C(CCN2CCN(C)CC2)Nc2ccc3c(c2)Sc2cccc(C4CN(c5ccc[nH]c5=O)CCO4)c2S3)cn1. The first-order chi connectivity index (χ1) is 22.0. The average molecular weight is 642 g/mol. The maximum atomic E-state index is 12.5. The summed E-state index contributed by atoms with van der Waals surface area (Å²) in [6, 6.07) is 17.0. The number of hydrogen-bond donors (Lipinski definition) is 2. The first-order valence-corrected chi connectivity index (χ1v) is 17.3. The molecular weight excluding hydrogens is 603 g/mol. The normalized spacial score (nSPS) is 19.5. The zero-order valence-corrected chi connectivity index (χ0v) is 27.4. The molecule has 2 aromatic heterocycles. The molecule has 2 aromatic carbocycles. The minimum absolute atomic E-state index is 0.0625. The van der Waals surface area contributed by atoms with Crippen LogP contribution in [0.1, 0.15) is 35.5 Å². The maximum Gasteiger partial charge on any atom is 0.271 e. The van der Waals surface area contributed by atoms with Crippen molar-refractivity contribution >= 4 is 34.9 Å². The number of aryl methyl sites for hydroxylation is 1. The third-order valence-electron chi connectivity index (χ3n) is 8.77. The number of pyridine rings is 1. The number of rotatable bonds is 8. The molecular formula is C34H39N7O2S2. The highest BCUT2D eigenvalue weighted by molar-refractivity contribution is 8.05. The number of nitrogens with one attached hydrogen (secondary N) is 2. The van der Waals surface area contributed by atoms with E-state index < -0.39 is 0 Å². The topological polar surface area (TPSA) is 89.6 Å². The fourth-order valence-electron chi connectivity index (χ4n) is 6.15. The fraction of sp³-hybridized carbons (Fsp3) is 0.382. The van der Waals surface area contributed by atoms with Crippen molar-refractivity contribution in [1.29, 1.82) is 0 Å². The molecule has 7 rings (SSSR count). The number of H-pyrrole nitrogens is 1. The van der Waals surface area contributed by atoms with E-state index in [0.717, 1.165) is 56.2 Å². The Labute approximate surface area is 272 Å². The van der Waals surface area contributed by atoms with Crippen LogP contribution >= 0.6 is 23.5 Å². The summed E-state index contributed by atoms with van der Waals surface area (Å²) in [7, 11) is 2.20. The number of aromatic amines is 1. The van der Waals surface area contributed by atoms with E-state index in [1.807, 2.05) is 55.0 Å². The highest BCUT2D eigenvalue weighted by Crippen LogP contribution is 2.52. The molecule has 2 fully saturated rings. The lowest BCUT2D eigenvalue weighted by Crippen LogP contribution is -2.45. The van der Waals surface area contributed by atoms with Gasteiger partial charge in [-0.25, -0.2) is 0 Å². The van der Waals surface area contributed by atoms with Gasteiger partial charge in [-0.15, -0.1) is 0 Å². The monoisotopic (exact) mass is 641 g/mol. The molecule has 0 spiro atoms. The van der Waals surface area contributed by atoms with Gasteiger partial charge in [0.1, 0.15) is 11.8 Å². The molecule has 3 aliphatic rings. The Kier molecular flexibility index (Phi) is 9.13. The molecule has 234 valence electrons. The molecule has 0 aliphatic carbocycles. The smallest absolute Gasteiger partial charge is 0.271 e. The molecule has 2 saturated heterocycles. The van der Waals surface area contributed by atoms with E-state index in [0.29, 0.717) is 25.4 Å². The number of fused-ring (bicyclic) bond motifs is 2. The predicted octanol–water partition coefficient (Wildman–Crippen LogP) is 5.46. The summed E-state index contributed by atoms with van der Waals surface area (Å²) in [4.78, 5) is 36.6. The number of piperazine rings is 1. The van der Waals surface area contributed by atoms with Crippen LogP contribution in [-0.2, 0) is 4.74 Å². The van der Waals surface area contributed by atoms with Crippen molar-refractivity contribution in [3.63, 3.8) is 0 Å². The number of nitrogens with zero attached hydrogens (tertiary/aromatic N) is 5. The quantitative estimate of drug-likeness (QED) is 0.228. The van der Waals surface area contributed by atoms with E-state index in [-0.39, 0.29) is 17.7 Å². The highest BCUT2D eigenvalue weighted by Gasteiger charge is 2.29. The van der Waals surface area contributed by atoms with E-state index in [2.05, 4.69) is 73.4 Å².